The number of amides is 2. The summed E-state index contributed by atoms with van der Waals surface area (Å²) in [5.41, 5.74) is 3.47. The van der Waals surface area contributed by atoms with Gasteiger partial charge in [-0.3, -0.25) is 14.2 Å². The maximum Gasteiger partial charge on any atom is 0.254 e. The van der Waals surface area contributed by atoms with Crippen molar-refractivity contribution < 1.29 is 9.59 Å². The molecule has 1 aliphatic heterocycles. The van der Waals surface area contributed by atoms with Crippen LogP contribution >= 0.6 is 23.4 Å². The summed E-state index contributed by atoms with van der Waals surface area (Å²) in [6.07, 6.45) is 1.16. The number of hydrogen-bond acceptors (Lipinski definition) is 5. The zero-order valence-corrected chi connectivity index (χ0v) is 24.2. The first-order valence-corrected chi connectivity index (χ1v) is 14.8. The smallest absolute Gasteiger partial charge is 0.254 e. The van der Waals surface area contributed by atoms with E-state index in [0.717, 1.165) is 33.3 Å². The number of halogens is 1. The van der Waals surface area contributed by atoms with Gasteiger partial charge in [-0.1, -0.05) is 71.9 Å². The normalized spacial score (nSPS) is 15.3. The molecule has 1 atom stereocenters. The molecule has 0 saturated carbocycles. The SMILES string of the molecule is Cc1ccccc1C(=O)N1CCN(C(=O)CCCSc2nnc(-c3ccccc3Cl)n2-c2ccccc2)CC1C. The molecular weight excluding hydrogens is 542 g/mol. The Labute approximate surface area is 244 Å². The highest BCUT2D eigenvalue weighted by Crippen LogP contribution is 2.32. The first-order chi connectivity index (χ1) is 19.4. The lowest BCUT2D eigenvalue weighted by atomic mass is 10.1. The second kappa shape index (κ2) is 12.7. The van der Waals surface area contributed by atoms with Crippen LogP contribution in [0.25, 0.3) is 17.1 Å². The number of rotatable bonds is 8. The fraction of sp³-hybridized carbons (Fsp3) is 0.290. The number of carbonyl (C=O) groups excluding carboxylic acids is 2. The van der Waals surface area contributed by atoms with Crippen molar-refractivity contribution >= 4 is 35.2 Å². The monoisotopic (exact) mass is 573 g/mol. The highest BCUT2D eigenvalue weighted by Gasteiger charge is 2.30. The Morgan fingerprint density at radius 1 is 0.950 bits per heavy atom. The fourth-order valence-corrected chi connectivity index (χ4v) is 6.10. The molecular formula is C31H32ClN5O2S. The van der Waals surface area contributed by atoms with Gasteiger partial charge >= 0.3 is 0 Å². The molecule has 0 bridgehead atoms. The van der Waals surface area contributed by atoms with Gasteiger partial charge in [-0.2, -0.15) is 0 Å². The molecule has 0 spiro atoms. The van der Waals surface area contributed by atoms with Crippen molar-refractivity contribution in [2.45, 2.75) is 37.9 Å². The van der Waals surface area contributed by atoms with E-state index in [1.54, 1.807) is 11.8 Å². The number of benzene rings is 3. The number of hydrogen-bond donors (Lipinski definition) is 0. The lowest BCUT2D eigenvalue weighted by molar-refractivity contribution is -0.133. The zero-order chi connectivity index (χ0) is 28.1. The van der Waals surface area contributed by atoms with Gasteiger partial charge < -0.3 is 9.80 Å². The van der Waals surface area contributed by atoms with E-state index in [9.17, 15) is 9.59 Å². The molecule has 1 fully saturated rings. The minimum absolute atomic E-state index is 0.0350. The second-order valence-corrected chi connectivity index (χ2v) is 11.4. The van der Waals surface area contributed by atoms with Crippen molar-refractivity contribution in [2.24, 2.45) is 0 Å². The summed E-state index contributed by atoms with van der Waals surface area (Å²) in [4.78, 5) is 29.9. The fourth-order valence-electron chi connectivity index (χ4n) is 4.99. The Balaban J connectivity index is 1.18. The highest BCUT2D eigenvalue weighted by molar-refractivity contribution is 7.99. The molecule has 1 aromatic heterocycles. The summed E-state index contributed by atoms with van der Waals surface area (Å²) < 4.78 is 2.01. The van der Waals surface area contributed by atoms with Gasteiger partial charge in [0.05, 0.1) is 5.02 Å². The van der Waals surface area contributed by atoms with Crippen LogP contribution in [0.4, 0.5) is 0 Å². The molecule has 1 saturated heterocycles. The van der Waals surface area contributed by atoms with Crippen LogP contribution in [-0.2, 0) is 4.79 Å². The molecule has 3 aromatic carbocycles. The Morgan fingerprint density at radius 3 is 2.42 bits per heavy atom. The van der Waals surface area contributed by atoms with Crippen molar-refractivity contribution in [3.8, 4) is 17.1 Å². The van der Waals surface area contributed by atoms with Gasteiger partial charge in [-0.15, -0.1) is 10.2 Å². The van der Waals surface area contributed by atoms with Crippen LogP contribution in [-0.4, -0.2) is 67.8 Å². The van der Waals surface area contributed by atoms with Gasteiger partial charge in [0.15, 0.2) is 11.0 Å². The number of nitrogens with zero attached hydrogens (tertiary/aromatic N) is 5. The van der Waals surface area contributed by atoms with E-state index in [1.165, 1.54) is 0 Å². The van der Waals surface area contributed by atoms with Gasteiger partial charge in [0, 0.05) is 54.7 Å². The lowest BCUT2D eigenvalue weighted by Crippen LogP contribution is -2.55. The third-order valence-electron chi connectivity index (χ3n) is 7.15. The van der Waals surface area contributed by atoms with Crippen LogP contribution in [0.15, 0.2) is 84.0 Å². The average Bonchev–Trinajstić information content (AvgIpc) is 3.39. The number of aryl methyl sites for hydroxylation is 1. The largest absolute Gasteiger partial charge is 0.339 e. The predicted octanol–water partition coefficient (Wildman–Crippen LogP) is 6.14. The molecule has 7 nitrogen and oxygen atoms in total. The van der Waals surface area contributed by atoms with E-state index in [-0.39, 0.29) is 17.9 Å². The van der Waals surface area contributed by atoms with Gasteiger partial charge in [0.25, 0.3) is 5.91 Å². The van der Waals surface area contributed by atoms with Crippen LogP contribution in [0, 0.1) is 6.92 Å². The average molecular weight is 574 g/mol. The molecule has 9 heteroatoms. The van der Waals surface area contributed by atoms with E-state index < -0.39 is 0 Å². The van der Waals surface area contributed by atoms with E-state index >= 15 is 0 Å². The van der Waals surface area contributed by atoms with Gasteiger partial charge in [0.1, 0.15) is 0 Å². The number of carbonyl (C=O) groups is 2. The Morgan fingerprint density at radius 2 is 1.68 bits per heavy atom. The van der Waals surface area contributed by atoms with Crippen molar-refractivity contribution in [3.05, 3.63) is 95.0 Å². The molecule has 0 aliphatic carbocycles. The topological polar surface area (TPSA) is 71.3 Å². The number of piperazine rings is 1. The first kappa shape index (κ1) is 27.9. The Kier molecular flexibility index (Phi) is 8.87. The lowest BCUT2D eigenvalue weighted by Gasteiger charge is -2.40. The molecule has 4 aromatic rings. The molecule has 206 valence electrons. The Bertz CT molecular complexity index is 1490. The van der Waals surface area contributed by atoms with Gasteiger partial charge in [-0.25, -0.2) is 0 Å². The van der Waals surface area contributed by atoms with Crippen molar-refractivity contribution in [3.63, 3.8) is 0 Å². The van der Waals surface area contributed by atoms with E-state index in [2.05, 4.69) is 10.2 Å². The minimum atomic E-state index is -0.0353. The number of para-hydroxylation sites is 1. The van der Waals surface area contributed by atoms with Crippen LogP contribution in [0.5, 0.6) is 0 Å². The quantitative estimate of drug-likeness (QED) is 0.187. The summed E-state index contributed by atoms with van der Waals surface area (Å²) in [7, 11) is 0. The van der Waals surface area contributed by atoms with Crippen LogP contribution < -0.4 is 0 Å². The molecule has 2 heterocycles. The molecule has 40 heavy (non-hydrogen) atoms. The molecule has 2 amide bonds. The summed E-state index contributed by atoms with van der Waals surface area (Å²) in [6, 6.07) is 25.2. The van der Waals surface area contributed by atoms with Crippen molar-refractivity contribution in [1.82, 2.24) is 24.6 Å². The highest BCUT2D eigenvalue weighted by atomic mass is 35.5. The van der Waals surface area contributed by atoms with Crippen LogP contribution in [0.1, 0.15) is 35.7 Å². The molecule has 0 radical (unpaired) electrons. The third-order valence-corrected chi connectivity index (χ3v) is 8.49. The van der Waals surface area contributed by atoms with Gasteiger partial charge in [0.2, 0.25) is 5.91 Å². The maximum atomic E-state index is 13.1. The standard InChI is InChI=1S/C31H32ClN5O2S/c1-22-11-6-7-14-25(22)30(39)36-19-18-35(21-23(36)2)28(38)17-10-20-40-31-34-33-29(26-15-8-9-16-27(26)32)37(31)24-12-4-3-5-13-24/h3-9,11-16,23H,10,17-21H2,1-2H3. The van der Waals surface area contributed by atoms with Crippen LogP contribution in [0.2, 0.25) is 5.02 Å². The van der Waals surface area contributed by atoms with E-state index in [4.69, 9.17) is 11.6 Å². The molecule has 1 unspecified atom stereocenters. The second-order valence-electron chi connectivity index (χ2n) is 9.91. The summed E-state index contributed by atoms with van der Waals surface area (Å²) >= 11 is 8.06. The summed E-state index contributed by atoms with van der Waals surface area (Å²) in [6.45, 7) is 5.61. The van der Waals surface area contributed by atoms with Crippen LogP contribution in [0.3, 0.4) is 0 Å². The van der Waals surface area contributed by atoms with Crippen molar-refractivity contribution in [1.29, 1.82) is 0 Å². The molecule has 5 rings (SSSR count). The van der Waals surface area contributed by atoms with E-state index in [1.807, 2.05) is 107 Å². The molecule has 1 aliphatic rings. The third kappa shape index (κ3) is 6.08. The van der Waals surface area contributed by atoms with Crippen molar-refractivity contribution in [2.75, 3.05) is 25.4 Å². The van der Waals surface area contributed by atoms with Gasteiger partial charge in [-0.05, 0) is 56.2 Å². The summed E-state index contributed by atoms with van der Waals surface area (Å²) in [5.74, 6) is 1.56. The molecule has 0 N–H and O–H groups in total. The first-order valence-electron chi connectivity index (χ1n) is 13.5. The zero-order valence-electron chi connectivity index (χ0n) is 22.7. The minimum Gasteiger partial charge on any atom is -0.339 e. The van der Waals surface area contributed by atoms with E-state index in [0.29, 0.717) is 43.3 Å². The Hall–Kier alpha value is -3.62. The number of aromatic nitrogens is 3. The predicted molar refractivity (Wildman–Crippen MR) is 160 cm³/mol. The maximum absolute atomic E-state index is 13.1. The summed E-state index contributed by atoms with van der Waals surface area (Å²) in [5, 5.41) is 10.3. The number of thioether (sulfide) groups is 1.